The van der Waals surface area contributed by atoms with E-state index in [4.69, 9.17) is 14.0 Å². The standard InChI is InChI=1S/C18H20N4O5/c1-11-20-16(27-21-11)9-19-17(23)12-4-6-22(7-5-12)18(24)13-2-3-14-15(8-13)26-10-25-14/h2-3,8,12H,4-7,9-10H2,1H3,(H,19,23). The maximum atomic E-state index is 12.7. The van der Waals surface area contributed by atoms with Gasteiger partial charge in [0.05, 0.1) is 6.54 Å². The number of ether oxygens (including phenoxy) is 2. The molecule has 142 valence electrons. The number of carbonyl (C=O) groups is 2. The normalized spacial score (nSPS) is 16.4. The van der Waals surface area contributed by atoms with Gasteiger partial charge in [0.15, 0.2) is 17.3 Å². The Balaban J connectivity index is 1.29. The van der Waals surface area contributed by atoms with E-state index in [2.05, 4.69) is 15.5 Å². The minimum absolute atomic E-state index is 0.0546. The average Bonchev–Trinajstić information content (AvgIpc) is 3.33. The van der Waals surface area contributed by atoms with E-state index in [1.165, 1.54) is 0 Å². The fourth-order valence-electron chi connectivity index (χ4n) is 3.28. The molecular weight excluding hydrogens is 352 g/mol. The minimum Gasteiger partial charge on any atom is -0.454 e. The van der Waals surface area contributed by atoms with Gasteiger partial charge in [-0.05, 0) is 38.0 Å². The van der Waals surface area contributed by atoms with Crippen molar-refractivity contribution in [2.45, 2.75) is 26.3 Å². The van der Waals surface area contributed by atoms with Crippen LogP contribution in [0.15, 0.2) is 22.7 Å². The van der Waals surface area contributed by atoms with Gasteiger partial charge in [0.25, 0.3) is 5.91 Å². The molecule has 3 heterocycles. The van der Waals surface area contributed by atoms with E-state index in [-0.39, 0.29) is 31.1 Å². The van der Waals surface area contributed by atoms with Gasteiger partial charge >= 0.3 is 0 Å². The lowest BCUT2D eigenvalue weighted by atomic mass is 9.95. The first kappa shape index (κ1) is 17.3. The molecule has 2 aromatic rings. The van der Waals surface area contributed by atoms with Crippen molar-refractivity contribution in [1.82, 2.24) is 20.4 Å². The topological polar surface area (TPSA) is 107 Å². The van der Waals surface area contributed by atoms with Crippen molar-refractivity contribution in [1.29, 1.82) is 0 Å². The molecule has 2 aliphatic rings. The quantitative estimate of drug-likeness (QED) is 0.861. The summed E-state index contributed by atoms with van der Waals surface area (Å²) in [7, 11) is 0. The van der Waals surface area contributed by atoms with Gasteiger partial charge in [-0.1, -0.05) is 5.16 Å². The molecule has 0 spiro atoms. The number of hydrogen-bond acceptors (Lipinski definition) is 7. The molecule has 0 atom stereocenters. The third kappa shape index (κ3) is 3.71. The second-order valence-electron chi connectivity index (χ2n) is 6.59. The van der Waals surface area contributed by atoms with Gasteiger partial charge in [0.2, 0.25) is 18.6 Å². The number of fused-ring (bicyclic) bond motifs is 1. The Morgan fingerprint density at radius 3 is 2.74 bits per heavy atom. The summed E-state index contributed by atoms with van der Waals surface area (Å²) >= 11 is 0. The van der Waals surface area contributed by atoms with E-state index in [9.17, 15) is 9.59 Å². The Bertz CT molecular complexity index is 857. The number of hydrogen-bond donors (Lipinski definition) is 1. The molecule has 9 nitrogen and oxygen atoms in total. The zero-order chi connectivity index (χ0) is 18.8. The van der Waals surface area contributed by atoms with Crippen LogP contribution < -0.4 is 14.8 Å². The van der Waals surface area contributed by atoms with Crippen molar-refractivity contribution < 1.29 is 23.6 Å². The summed E-state index contributed by atoms with van der Waals surface area (Å²) in [6.07, 6.45) is 1.23. The molecule has 1 fully saturated rings. The lowest BCUT2D eigenvalue weighted by Crippen LogP contribution is -2.42. The predicted octanol–water partition coefficient (Wildman–Crippen LogP) is 1.28. The maximum absolute atomic E-state index is 12.7. The fraction of sp³-hybridized carbons (Fsp3) is 0.444. The number of benzene rings is 1. The van der Waals surface area contributed by atoms with Gasteiger partial charge < -0.3 is 24.2 Å². The molecule has 27 heavy (non-hydrogen) atoms. The highest BCUT2D eigenvalue weighted by atomic mass is 16.7. The monoisotopic (exact) mass is 372 g/mol. The molecule has 2 aliphatic heterocycles. The van der Waals surface area contributed by atoms with Crippen LogP contribution >= 0.6 is 0 Å². The van der Waals surface area contributed by atoms with Crippen molar-refractivity contribution in [2.75, 3.05) is 19.9 Å². The predicted molar refractivity (Wildman–Crippen MR) is 92.1 cm³/mol. The summed E-state index contributed by atoms with van der Waals surface area (Å²) < 4.78 is 15.6. The van der Waals surface area contributed by atoms with Crippen molar-refractivity contribution in [3.05, 3.63) is 35.5 Å². The lowest BCUT2D eigenvalue weighted by molar-refractivity contribution is -0.126. The molecule has 0 radical (unpaired) electrons. The largest absolute Gasteiger partial charge is 0.454 e. The first-order valence-electron chi connectivity index (χ1n) is 8.86. The highest BCUT2D eigenvalue weighted by molar-refractivity contribution is 5.95. The molecule has 0 saturated carbocycles. The van der Waals surface area contributed by atoms with Gasteiger partial charge in [-0.2, -0.15) is 4.98 Å². The fourth-order valence-corrected chi connectivity index (χ4v) is 3.28. The summed E-state index contributed by atoms with van der Waals surface area (Å²) in [5.41, 5.74) is 0.564. The van der Waals surface area contributed by atoms with E-state index < -0.39 is 0 Å². The van der Waals surface area contributed by atoms with Gasteiger partial charge in [-0.15, -0.1) is 0 Å². The van der Waals surface area contributed by atoms with Gasteiger partial charge in [-0.25, -0.2) is 0 Å². The highest BCUT2D eigenvalue weighted by Crippen LogP contribution is 2.33. The summed E-state index contributed by atoms with van der Waals surface area (Å²) in [5.74, 6) is 1.92. The third-order valence-corrected chi connectivity index (χ3v) is 4.76. The third-order valence-electron chi connectivity index (χ3n) is 4.76. The van der Waals surface area contributed by atoms with Crippen LogP contribution in [0.25, 0.3) is 0 Å². The summed E-state index contributed by atoms with van der Waals surface area (Å²) in [6, 6.07) is 5.19. The molecule has 2 amide bonds. The Kier molecular flexibility index (Phi) is 4.66. The zero-order valence-corrected chi connectivity index (χ0v) is 14.9. The molecule has 1 aromatic carbocycles. The van der Waals surface area contributed by atoms with Crippen molar-refractivity contribution >= 4 is 11.8 Å². The number of amides is 2. The van der Waals surface area contributed by atoms with Crippen LogP contribution in [-0.4, -0.2) is 46.7 Å². The SMILES string of the molecule is Cc1noc(CNC(=O)C2CCN(C(=O)c3ccc4c(c3)OCO4)CC2)n1. The van der Waals surface area contributed by atoms with E-state index in [0.717, 1.165) is 0 Å². The van der Waals surface area contributed by atoms with Crippen LogP contribution in [0.5, 0.6) is 11.5 Å². The minimum atomic E-state index is -0.130. The first-order valence-corrected chi connectivity index (χ1v) is 8.86. The van der Waals surface area contributed by atoms with E-state index in [0.29, 0.717) is 54.7 Å². The first-order chi connectivity index (χ1) is 13.1. The van der Waals surface area contributed by atoms with Crippen LogP contribution in [0, 0.1) is 12.8 Å². The van der Waals surface area contributed by atoms with Crippen LogP contribution in [0.3, 0.4) is 0 Å². The van der Waals surface area contributed by atoms with Crippen molar-refractivity contribution in [3.63, 3.8) is 0 Å². The Morgan fingerprint density at radius 2 is 2.00 bits per heavy atom. The summed E-state index contributed by atoms with van der Waals surface area (Å²) in [5, 5.41) is 6.51. The number of likely N-dealkylation sites (tertiary alicyclic amines) is 1. The number of aromatic nitrogens is 2. The Morgan fingerprint density at radius 1 is 1.22 bits per heavy atom. The van der Waals surface area contributed by atoms with Crippen LogP contribution in [0.1, 0.15) is 34.9 Å². The summed E-state index contributed by atoms with van der Waals surface area (Å²) in [6.45, 7) is 3.18. The van der Waals surface area contributed by atoms with Crippen LogP contribution in [0.4, 0.5) is 0 Å². The average molecular weight is 372 g/mol. The van der Waals surface area contributed by atoms with Gasteiger partial charge in [-0.3, -0.25) is 9.59 Å². The highest BCUT2D eigenvalue weighted by Gasteiger charge is 2.28. The molecule has 1 N–H and O–H groups in total. The number of nitrogens with zero attached hydrogens (tertiary/aromatic N) is 3. The number of carbonyl (C=O) groups excluding carboxylic acids is 2. The zero-order valence-electron chi connectivity index (χ0n) is 14.9. The molecule has 9 heteroatoms. The molecule has 0 bridgehead atoms. The molecule has 1 aromatic heterocycles. The smallest absolute Gasteiger partial charge is 0.253 e. The number of rotatable bonds is 4. The Labute approximate surface area is 155 Å². The van der Waals surface area contributed by atoms with E-state index in [1.54, 1.807) is 30.0 Å². The lowest BCUT2D eigenvalue weighted by Gasteiger charge is -2.31. The van der Waals surface area contributed by atoms with E-state index in [1.807, 2.05) is 0 Å². The molecule has 0 unspecified atom stereocenters. The van der Waals surface area contributed by atoms with Crippen LogP contribution in [0.2, 0.25) is 0 Å². The molecule has 0 aliphatic carbocycles. The van der Waals surface area contributed by atoms with Crippen molar-refractivity contribution in [2.24, 2.45) is 5.92 Å². The molecular formula is C18H20N4O5. The van der Waals surface area contributed by atoms with Gasteiger partial charge in [0, 0.05) is 24.6 Å². The second kappa shape index (κ2) is 7.26. The van der Waals surface area contributed by atoms with E-state index >= 15 is 0 Å². The van der Waals surface area contributed by atoms with Crippen LogP contribution in [-0.2, 0) is 11.3 Å². The molecule has 4 rings (SSSR count). The van der Waals surface area contributed by atoms with Crippen molar-refractivity contribution in [3.8, 4) is 11.5 Å². The Hall–Kier alpha value is -3.10. The number of aryl methyl sites for hydroxylation is 1. The van der Waals surface area contributed by atoms with Gasteiger partial charge in [0.1, 0.15) is 0 Å². The number of piperidine rings is 1. The number of nitrogens with one attached hydrogen (secondary N) is 1. The maximum Gasteiger partial charge on any atom is 0.253 e. The molecule has 1 saturated heterocycles. The second-order valence-corrected chi connectivity index (χ2v) is 6.59. The summed E-state index contributed by atoms with van der Waals surface area (Å²) in [4.78, 5) is 30.8.